The summed E-state index contributed by atoms with van der Waals surface area (Å²) < 4.78 is 0. The summed E-state index contributed by atoms with van der Waals surface area (Å²) in [5.74, 6) is 0.477. The summed E-state index contributed by atoms with van der Waals surface area (Å²) in [4.78, 5) is 7.06. The highest BCUT2D eigenvalue weighted by molar-refractivity contribution is 5.62. The zero-order valence-corrected chi connectivity index (χ0v) is 8.46. The van der Waals surface area contributed by atoms with Crippen molar-refractivity contribution in [3.8, 4) is 11.3 Å². The highest BCUT2D eigenvalue weighted by atomic mass is 15.0. The van der Waals surface area contributed by atoms with E-state index in [1.807, 2.05) is 0 Å². The first-order valence-electron chi connectivity index (χ1n) is 5.25. The van der Waals surface area contributed by atoms with Crippen molar-refractivity contribution >= 4 is 5.95 Å². The smallest absolute Gasteiger partial charge is 0.197 e. The van der Waals surface area contributed by atoms with Gasteiger partial charge < -0.3 is 10.7 Å². The molecule has 3 rings (SSSR count). The first-order valence-corrected chi connectivity index (χ1v) is 5.25. The first kappa shape index (κ1) is 8.53. The van der Waals surface area contributed by atoms with Crippen molar-refractivity contribution in [2.24, 2.45) is 0 Å². The predicted molar refractivity (Wildman–Crippen MR) is 60.5 cm³/mol. The zero-order valence-electron chi connectivity index (χ0n) is 8.46. The van der Waals surface area contributed by atoms with Crippen LogP contribution >= 0.6 is 0 Å². The highest BCUT2D eigenvalue weighted by Gasteiger charge is 2.11. The molecule has 0 saturated heterocycles. The van der Waals surface area contributed by atoms with E-state index in [4.69, 9.17) is 5.73 Å². The summed E-state index contributed by atoms with van der Waals surface area (Å²) in [7, 11) is 0. The van der Waals surface area contributed by atoms with Gasteiger partial charge in [-0.3, -0.25) is 0 Å². The normalized spacial score (nSPS) is 14.1. The van der Waals surface area contributed by atoms with E-state index in [0.29, 0.717) is 5.95 Å². The minimum atomic E-state index is 0.477. The van der Waals surface area contributed by atoms with Crippen molar-refractivity contribution in [3.63, 3.8) is 0 Å². The number of rotatable bonds is 1. The number of H-pyrrole nitrogens is 1. The molecule has 2 aromatic rings. The molecule has 1 aromatic heterocycles. The SMILES string of the molecule is Nc1ncc(-c2ccc3c(c2)CCC3)[nH]1. The molecular formula is C12H13N3. The molecule has 0 saturated carbocycles. The Labute approximate surface area is 88.3 Å². The maximum atomic E-state index is 5.56. The maximum Gasteiger partial charge on any atom is 0.197 e. The van der Waals surface area contributed by atoms with E-state index in [2.05, 4.69) is 28.2 Å². The Hall–Kier alpha value is -1.77. The average molecular weight is 199 g/mol. The molecule has 15 heavy (non-hydrogen) atoms. The van der Waals surface area contributed by atoms with Crippen LogP contribution in [0.5, 0.6) is 0 Å². The van der Waals surface area contributed by atoms with Crippen LogP contribution in [-0.2, 0) is 12.8 Å². The van der Waals surface area contributed by atoms with E-state index in [9.17, 15) is 0 Å². The molecule has 1 aromatic carbocycles. The quantitative estimate of drug-likeness (QED) is 0.739. The molecule has 0 atom stereocenters. The van der Waals surface area contributed by atoms with E-state index in [1.54, 1.807) is 6.20 Å². The molecule has 1 heterocycles. The molecule has 1 aliphatic carbocycles. The second-order valence-electron chi connectivity index (χ2n) is 4.02. The minimum Gasteiger partial charge on any atom is -0.369 e. The molecule has 76 valence electrons. The second-order valence-corrected chi connectivity index (χ2v) is 4.02. The van der Waals surface area contributed by atoms with Crippen LogP contribution in [0.25, 0.3) is 11.3 Å². The van der Waals surface area contributed by atoms with Gasteiger partial charge in [0.15, 0.2) is 5.95 Å². The Balaban J connectivity index is 2.06. The number of nitrogens with one attached hydrogen (secondary N) is 1. The van der Waals surface area contributed by atoms with Gasteiger partial charge >= 0.3 is 0 Å². The van der Waals surface area contributed by atoms with Gasteiger partial charge in [-0.15, -0.1) is 0 Å². The summed E-state index contributed by atoms with van der Waals surface area (Å²) in [6.45, 7) is 0. The van der Waals surface area contributed by atoms with Gasteiger partial charge in [-0.2, -0.15) is 0 Å². The standard InChI is InChI=1S/C12H13N3/c13-12-14-7-11(15-12)10-5-4-8-2-1-3-9(8)6-10/h4-7H,1-3H2,(H3,13,14,15). The number of aromatic amines is 1. The van der Waals surface area contributed by atoms with Gasteiger partial charge in [0, 0.05) is 0 Å². The third-order valence-corrected chi connectivity index (χ3v) is 3.00. The molecule has 0 aliphatic heterocycles. The second kappa shape index (κ2) is 3.12. The number of hydrogen-bond donors (Lipinski definition) is 2. The van der Waals surface area contributed by atoms with Crippen molar-refractivity contribution in [2.45, 2.75) is 19.3 Å². The number of imidazole rings is 1. The molecule has 0 amide bonds. The number of nitrogen functional groups attached to an aromatic ring is 1. The predicted octanol–water partition coefficient (Wildman–Crippen LogP) is 2.15. The molecule has 0 radical (unpaired) electrons. The maximum absolute atomic E-state index is 5.56. The lowest BCUT2D eigenvalue weighted by molar-refractivity contribution is 0.912. The largest absolute Gasteiger partial charge is 0.369 e. The van der Waals surface area contributed by atoms with Crippen molar-refractivity contribution < 1.29 is 0 Å². The monoisotopic (exact) mass is 199 g/mol. The lowest BCUT2D eigenvalue weighted by Gasteiger charge is -2.02. The summed E-state index contributed by atoms with van der Waals surface area (Å²) in [6, 6.07) is 6.60. The molecular weight excluding hydrogens is 186 g/mol. The van der Waals surface area contributed by atoms with Crippen molar-refractivity contribution in [1.82, 2.24) is 9.97 Å². The average Bonchev–Trinajstić information content (AvgIpc) is 2.84. The Morgan fingerprint density at radius 2 is 2.07 bits per heavy atom. The third kappa shape index (κ3) is 1.40. The summed E-state index contributed by atoms with van der Waals surface area (Å²) in [6.07, 6.45) is 5.49. The Kier molecular flexibility index (Phi) is 1.78. The Morgan fingerprint density at radius 1 is 1.20 bits per heavy atom. The van der Waals surface area contributed by atoms with Gasteiger partial charge in [0.2, 0.25) is 0 Å². The molecule has 1 aliphatic rings. The molecule has 0 unspecified atom stereocenters. The van der Waals surface area contributed by atoms with E-state index in [1.165, 1.54) is 36.0 Å². The molecule has 3 heteroatoms. The van der Waals surface area contributed by atoms with Crippen LogP contribution in [0.4, 0.5) is 5.95 Å². The highest BCUT2D eigenvalue weighted by Crippen LogP contribution is 2.27. The molecule has 3 N–H and O–H groups in total. The number of aryl methyl sites for hydroxylation is 2. The van der Waals surface area contributed by atoms with Gasteiger partial charge in [-0.05, 0) is 42.0 Å². The molecule has 0 fully saturated rings. The Morgan fingerprint density at radius 3 is 2.87 bits per heavy atom. The summed E-state index contributed by atoms with van der Waals surface area (Å²) >= 11 is 0. The first-order chi connectivity index (χ1) is 7.33. The van der Waals surface area contributed by atoms with Gasteiger partial charge in [0.05, 0.1) is 11.9 Å². The van der Waals surface area contributed by atoms with Crippen LogP contribution in [0.2, 0.25) is 0 Å². The van der Waals surface area contributed by atoms with Crippen molar-refractivity contribution in [2.75, 3.05) is 5.73 Å². The summed E-state index contributed by atoms with van der Waals surface area (Å²) in [5.41, 5.74) is 10.7. The Bertz CT molecular complexity index is 499. The van der Waals surface area contributed by atoms with E-state index in [-0.39, 0.29) is 0 Å². The number of benzene rings is 1. The lowest BCUT2D eigenvalue weighted by atomic mass is 10.1. The lowest BCUT2D eigenvalue weighted by Crippen LogP contribution is -1.87. The van der Waals surface area contributed by atoms with Gasteiger partial charge in [-0.1, -0.05) is 12.1 Å². The number of fused-ring (bicyclic) bond motifs is 1. The van der Waals surface area contributed by atoms with E-state index < -0.39 is 0 Å². The van der Waals surface area contributed by atoms with Crippen LogP contribution in [0.15, 0.2) is 24.4 Å². The molecule has 0 spiro atoms. The van der Waals surface area contributed by atoms with Crippen LogP contribution in [0, 0.1) is 0 Å². The number of nitrogens with two attached hydrogens (primary N) is 1. The number of nitrogens with zero attached hydrogens (tertiary/aromatic N) is 1. The van der Waals surface area contributed by atoms with Gasteiger partial charge in [-0.25, -0.2) is 4.98 Å². The fourth-order valence-electron chi connectivity index (χ4n) is 2.22. The van der Waals surface area contributed by atoms with E-state index in [0.717, 1.165) is 5.69 Å². The van der Waals surface area contributed by atoms with Crippen LogP contribution in [0.1, 0.15) is 17.5 Å². The topological polar surface area (TPSA) is 54.7 Å². The number of hydrogen-bond acceptors (Lipinski definition) is 2. The molecule has 3 nitrogen and oxygen atoms in total. The number of aromatic nitrogens is 2. The van der Waals surface area contributed by atoms with E-state index >= 15 is 0 Å². The summed E-state index contributed by atoms with van der Waals surface area (Å²) in [5, 5.41) is 0. The minimum absolute atomic E-state index is 0.477. The van der Waals surface area contributed by atoms with Gasteiger partial charge in [0.25, 0.3) is 0 Å². The van der Waals surface area contributed by atoms with Crippen LogP contribution in [0.3, 0.4) is 0 Å². The molecule has 0 bridgehead atoms. The fourth-order valence-corrected chi connectivity index (χ4v) is 2.22. The van der Waals surface area contributed by atoms with Crippen LogP contribution < -0.4 is 5.73 Å². The zero-order chi connectivity index (χ0) is 10.3. The van der Waals surface area contributed by atoms with Crippen LogP contribution in [-0.4, -0.2) is 9.97 Å². The van der Waals surface area contributed by atoms with Crippen molar-refractivity contribution in [3.05, 3.63) is 35.5 Å². The number of anilines is 1. The fraction of sp³-hybridized carbons (Fsp3) is 0.250. The van der Waals surface area contributed by atoms with Crippen molar-refractivity contribution in [1.29, 1.82) is 0 Å². The van der Waals surface area contributed by atoms with Gasteiger partial charge in [0.1, 0.15) is 0 Å². The third-order valence-electron chi connectivity index (χ3n) is 3.00.